The molecule has 102 valence electrons. The molecule has 0 unspecified atom stereocenters. The minimum absolute atomic E-state index is 0.0329. The first-order chi connectivity index (χ1) is 9.43. The summed E-state index contributed by atoms with van der Waals surface area (Å²) < 4.78 is 0. The van der Waals surface area contributed by atoms with Gasteiger partial charge in [-0.15, -0.1) is 0 Å². The number of hydrogen-bond donors (Lipinski definition) is 2. The van der Waals surface area contributed by atoms with Crippen LogP contribution in [0.3, 0.4) is 0 Å². The van der Waals surface area contributed by atoms with E-state index in [9.17, 15) is 0 Å². The van der Waals surface area contributed by atoms with Gasteiger partial charge in [0.1, 0.15) is 6.07 Å². The molecule has 3 heteroatoms. The number of nitrogens with one attached hydrogen (secondary N) is 1. The van der Waals surface area contributed by atoms with Gasteiger partial charge >= 0.3 is 0 Å². The van der Waals surface area contributed by atoms with Crippen molar-refractivity contribution < 1.29 is 0 Å². The third kappa shape index (κ3) is 2.75. The van der Waals surface area contributed by atoms with Crippen LogP contribution in [0.4, 0.5) is 17.1 Å². The zero-order valence-electron chi connectivity index (χ0n) is 12.1. The fourth-order valence-corrected chi connectivity index (χ4v) is 2.16. The lowest BCUT2D eigenvalue weighted by molar-refractivity contribution is 0.592. The molecule has 0 saturated heterocycles. The van der Waals surface area contributed by atoms with Gasteiger partial charge in [0.05, 0.1) is 16.9 Å². The second-order valence-electron chi connectivity index (χ2n) is 5.80. The van der Waals surface area contributed by atoms with Crippen LogP contribution in [0.2, 0.25) is 0 Å². The molecule has 2 aromatic rings. The van der Waals surface area contributed by atoms with Gasteiger partial charge in [0.15, 0.2) is 0 Å². The highest BCUT2D eigenvalue weighted by molar-refractivity contribution is 5.78. The average Bonchev–Trinajstić information content (AvgIpc) is 2.40. The summed E-state index contributed by atoms with van der Waals surface area (Å²) in [7, 11) is 0. The van der Waals surface area contributed by atoms with Crippen LogP contribution in [0.15, 0.2) is 42.5 Å². The maximum atomic E-state index is 9.04. The topological polar surface area (TPSA) is 61.8 Å². The van der Waals surface area contributed by atoms with Crippen LogP contribution >= 0.6 is 0 Å². The van der Waals surface area contributed by atoms with Crippen molar-refractivity contribution >= 4 is 17.1 Å². The van der Waals surface area contributed by atoms with Crippen molar-refractivity contribution in [2.24, 2.45) is 0 Å². The van der Waals surface area contributed by atoms with Crippen LogP contribution < -0.4 is 11.1 Å². The van der Waals surface area contributed by atoms with Gasteiger partial charge in [-0.05, 0) is 29.2 Å². The van der Waals surface area contributed by atoms with E-state index in [1.54, 1.807) is 6.07 Å². The molecule has 0 aromatic heterocycles. The first-order valence-corrected chi connectivity index (χ1v) is 6.58. The molecule has 0 aliphatic carbocycles. The number of benzene rings is 2. The van der Waals surface area contributed by atoms with Crippen molar-refractivity contribution in [2.45, 2.75) is 26.2 Å². The van der Waals surface area contributed by atoms with E-state index in [1.807, 2.05) is 30.3 Å². The van der Waals surface area contributed by atoms with Crippen molar-refractivity contribution in [1.82, 2.24) is 0 Å². The lowest BCUT2D eigenvalue weighted by atomic mass is 9.86. The quantitative estimate of drug-likeness (QED) is 0.801. The van der Waals surface area contributed by atoms with Crippen LogP contribution in [0.5, 0.6) is 0 Å². The molecule has 0 aliphatic heterocycles. The molecule has 0 atom stereocenters. The van der Waals surface area contributed by atoms with Crippen LogP contribution in [-0.4, -0.2) is 0 Å². The van der Waals surface area contributed by atoms with Gasteiger partial charge in [0.25, 0.3) is 0 Å². The molecule has 2 rings (SSSR count). The third-order valence-electron chi connectivity index (χ3n) is 3.23. The van der Waals surface area contributed by atoms with Gasteiger partial charge in [0.2, 0.25) is 0 Å². The Morgan fingerprint density at radius 1 is 1.00 bits per heavy atom. The summed E-state index contributed by atoms with van der Waals surface area (Å²) in [5.41, 5.74) is 10.0. The molecule has 0 fully saturated rings. The first-order valence-electron chi connectivity index (χ1n) is 6.58. The largest absolute Gasteiger partial charge is 0.396 e. The summed E-state index contributed by atoms with van der Waals surface area (Å²) in [6.45, 7) is 6.51. The summed E-state index contributed by atoms with van der Waals surface area (Å²) in [5, 5.41) is 12.4. The van der Waals surface area contributed by atoms with Gasteiger partial charge in [-0.3, -0.25) is 0 Å². The second kappa shape index (κ2) is 5.26. The highest BCUT2D eigenvalue weighted by Crippen LogP contribution is 2.33. The Bertz CT molecular complexity index is 661. The first kappa shape index (κ1) is 14.0. The molecule has 2 aromatic carbocycles. The number of nitrogens with two attached hydrogens (primary N) is 1. The van der Waals surface area contributed by atoms with E-state index in [0.717, 1.165) is 11.4 Å². The van der Waals surface area contributed by atoms with Crippen molar-refractivity contribution in [3.63, 3.8) is 0 Å². The summed E-state index contributed by atoms with van der Waals surface area (Å²) >= 11 is 0. The monoisotopic (exact) mass is 265 g/mol. The molecule has 0 heterocycles. The van der Waals surface area contributed by atoms with Gasteiger partial charge in [0, 0.05) is 5.69 Å². The summed E-state index contributed by atoms with van der Waals surface area (Å²) in [6, 6.07) is 15.7. The molecule has 0 aliphatic rings. The Morgan fingerprint density at radius 3 is 2.30 bits per heavy atom. The normalized spacial score (nSPS) is 10.9. The van der Waals surface area contributed by atoms with E-state index in [0.29, 0.717) is 11.3 Å². The lowest BCUT2D eigenvalue weighted by Gasteiger charge is -2.24. The predicted octanol–water partition coefficient (Wildman–Crippen LogP) is 4.18. The molecule has 0 bridgehead atoms. The summed E-state index contributed by atoms with van der Waals surface area (Å²) in [4.78, 5) is 0. The molecule has 3 N–H and O–H groups in total. The van der Waals surface area contributed by atoms with Gasteiger partial charge < -0.3 is 11.1 Å². The standard InChI is InChI=1S/C17H19N3/c1-17(2,3)13-8-4-5-9-14(13)20-15-10-6-7-12(11-18)16(15)19/h4-10,20H,19H2,1-3H3. The van der Waals surface area contributed by atoms with Crippen LogP contribution in [0.1, 0.15) is 31.9 Å². The van der Waals surface area contributed by atoms with Gasteiger partial charge in [-0.2, -0.15) is 5.26 Å². The van der Waals surface area contributed by atoms with Crippen molar-refractivity contribution in [3.8, 4) is 6.07 Å². The molecular weight excluding hydrogens is 246 g/mol. The zero-order valence-corrected chi connectivity index (χ0v) is 12.1. The summed E-state index contributed by atoms with van der Waals surface area (Å²) in [5.74, 6) is 0. The average molecular weight is 265 g/mol. The van der Waals surface area contributed by atoms with Crippen LogP contribution in [0.25, 0.3) is 0 Å². The van der Waals surface area contributed by atoms with Crippen LogP contribution in [0, 0.1) is 11.3 Å². The molecule has 0 radical (unpaired) electrons. The molecule has 0 amide bonds. The lowest BCUT2D eigenvalue weighted by Crippen LogP contribution is -2.13. The fraction of sp³-hybridized carbons (Fsp3) is 0.235. The van der Waals surface area contributed by atoms with Gasteiger partial charge in [-0.1, -0.05) is 45.0 Å². The number of nitrogen functional groups attached to an aromatic ring is 1. The van der Waals surface area contributed by atoms with E-state index < -0.39 is 0 Å². The molecule has 3 nitrogen and oxygen atoms in total. The third-order valence-corrected chi connectivity index (χ3v) is 3.23. The van der Waals surface area contributed by atoms with E-state index in [-0.39, 0.29) is 5.41 Å². The molecule has 20 heavy (non-hydrogen) atoms. The second-order valence-corrected chi connectivity index (χ2v) is 5.80. The van der Waals surface area contributed by atoms with E-state index >= 15 is 0 Å². The van der Waals surface area contributed by atoms with Gasteiger partial charge in [-0.25, -0.2) is 0 Å². The Balaban J connectivity index is 2.44. The van der Waals surface area contributed by atoms with Crippen molar-refractivity contribution in [1.29, 1.82) is 5.26 Å². The van der Waals surface area contributed by atoms with E-state index in [2.05, 4.69) is 38.2 Å². The Hall–Kier alpha value is -2.47. The smallest absolute Gasteiger partial charge is 0.101 e. The maximum Gasteiger partial charge on any atom is 0.101 e. The number of nitriles is 1. The number of nitrogens with zero attached hydrogens (tertiary/aromatic N) is 1. The Morgan fingerprint density at radius 2 is 1.65 bits per heavy atom. The Labute approximate surface area is 120 Å². The highest BCUT2D eigenvalue weighted by Gasteiger charge is 2.18. The number of hydrogen-bond acceptors (Lipinski definition) is 3. The van der Waals surface area contributed by atoms with Crippen LogP contribution in [-0.2, 0) is 5.41 Å². The van der Waals surface area contributed by atoms with Crippen molar-refractivity contribution in [3.05, 3.63) is 53.6 Å². The van der Waals surface area contributed by atoms with E-state index in [1.165, 1.54) is 5.56 Å². The predicted molar refractivity (Wildman–Crippen MR) is 84.0 cm³/mol. The fourth-order valence-electron chi connectivity index (χ4n) is 2.16. The SMILES string of the molecule is CC(C)(C)c1ccccc1Nc1cccc(C#N)c1N. The molecular formula is C17H19N3. The van der Waals surface area contributed by atoms with Crippen molar-refractivity contribution in [2.75, 3.05) is 11.1 Å². The molecule has 0 spiro atoms. The minimum atomic E-state index is 0.0329. The highest BCUT2D eigenvalue weighted by atomic mass is 14.9. The minimum Gasteiger partial charge on any atom is -0.396 e. The number of para-hydroxylation sites is 2. The Kier molecular flexibility index (Phi) is 3.67. The van der Waals surface area contributed by atoms with E-state index in [4.69, 9.17) is 11.0 Å². The number of anilines is 3. The number of rotatable bonds is 2. The molecule has 0 saturated carbocycles. The summed E-state index contributed by atoms with van der Waals surface area (Å²) in [6.07, 6.45) is 0. The maximum absolute atomic E-state index is 9.04. The zero-order chi connectivity index (χ0) is 14.8.